The highest BCUT2D eigenvalue weighted by molar-refractivity contribution is 7.91. The van der Waals surface area contributed by atoms with Crippen molar-refractivity contribution in [3.63, 3.8) is 0 Å². The lowest BCUT2D eigenvalue weighted by molar-refractivity contribution is 0.0482. The van der Waals surface area contributed by atoms with Gasteiger partial charge in [0.05, 0.1) is 25.3 Å². The van der Waals surface area contributed by atoms with Crippen LogP contribution in [0.2, 0.25) is 5.28 Å². The molecule has 1 saturated heterocycles. The van der Waals surface area contributed by atoms with Crippen LogP contribution in [0.3, 0.4) is 0 Å². The molecule has 23 heavy (non-hydrogen) atoms. The first-order valence-corrected chi connectivity index (χ1v) is 9.66. The van der Waals surface area contributed by atoms with Gasteiger partial charge in [0.1, 0.15) is 17.0 Å². The van der Waals surface area contributed by atoms with Crippen molar-refractivity contribution in [2.75, 3.05) is 31.0 Å². The van der Waals surface area contributed by atoms with E-state index in [1.54, 1.807) is 13.8 Å². The Balaban J connectivity index is 2.20. The predicted molar refractivity (Wildman–Crippen MR) is 87.0 cm³/mol. The van der Waals surface area contributed by atoms with Gasteiger partial charge in [0.25, 0.3) is 0 Å². The SMILES string of the molecule is C[C@H]1COC[C@@H]2COc3c(nc(Cl)nc3C(C)(C)S(C)(=O)=O)N21. The lowest BCUT2D eigenvalue weighted by atomic mass is 10.0. The molecule has 9 heteroatoms. The zero-order valence-electron chi connectivity index (χ0n) is 13.5. The van der Waals surface area contributed by atoms with Crippen LogP contribution in [-0.4, -0.2) is 56.5 Å². The fourth-order valence-corrected chi connectivity index (χ4v) is 3.54. The van der Waals surface area contributed by atoms with Crippen LogP contribution < -0.4 is 9.64 Å². The summed E-state index contributed by atoms with van der Waals surface area (Å²) in [6, 6.07) is 0.128. The molecule has 1 fully saturated rings. The van der Waals surface area contributed by atoms with Crippen molar-refractivity contribution in [2.45, 2.75) is 37.6 Å². The molecule has 2 atom stereocenters. The van der Waals surface area contributed by atoms with Crippen molar-refractivity contribution in [1.29, 1.82) is 0 Å². The number of hydrogen-bond acceptors (Lipinski definition) is 7. The van der Waals surface area contributed by atoms with Crippen molar-refractivity contribution < 1.29 is 17.9 Å². The van der Waals surface area contributed by atoms with E-state index in [9.17, 15) is 8.42 Å². The van der Waals surface area contributed by atoms with Gasteiger partial charge in [0.15, 0.2) is 21.4 Å². The summed E-state index contributed by atoms with van der Waals surface area (Å²) < 4.78 is 34.6. The number of fused-ring (bicyclic) bond motifs is 3. The molecule has 0 saturated carbocycles. The number of halogens is 1. The molecule has 2 aliphatic heterocycles. The number of anilines is 1. The first kappa shape index (κ1) is 16.7. The van der Waals surface area contributed by atoms with Gasteiger partial charge in [-0.05, 0) is 32.4 Å². The Morgan fingerprint density at radius 3 is 2.61 bits per heavy atom. The molecule has 2 aliphatic rings. The topological polar surface area (TPSA) is 81.6 Å². The Kier molecular flexibility index (Phi) is 3.97. The summed E-state index contributed by atoms with van der Waals surface area (Å²) in [6.45, 7) is 6.73. The van der Waals surface area contributed by atoms with Gasteiger partial charge in [-0.15, -0.1) is 0 Å². The van der Waals surface area contributed by atoms with Crippen LogP contribution in [0.25, 0.3) is 0 Å². The molecule has 0 aliphatic carbocycles. The van der Waals surface area contributed by atoms with Gasteiger partial charge >= 0.3 is 0 Å². The lowest BCUT2D eigenvalue weighted by Gasteiger charge is -2.45. The Bertz CT molecular complexity index is 738. The van der Waals surface area contributed by atoms with Crippen LogP contribution in [-0.2, 0) is 19.3 Å². The van der Waals surface area contributed by atoms with Gasteiger partial charge in [0.2, 0.25) is 5.28 Å². The van der Waals surface area contributed by atoms with E-state index in [2.05, 4.69) is 14.9 Å². The quantitative estimate of drug-likeness (QED) is 0.736. The maximum absolute atomic E-state index is 12.2. The van der Waals surface area contributed by atoms with E-state index in [0.717, 1.165) is 0 Å². The minimum Gasteiger partial charge on any atom is -0.486 e. The highest BCUT2D eigenvalue weighted by atomic mass is 35.5. The smallest absolute Gasteiger partial charge is 0.224 e. The molecule has 3 rings (SSSR count). The number of ether oxygens (including phenoxy) is 2. The maximum Gasteiger partial charge on any atom is 0.224 e. The Morgan fingerprint density at radius 2 is 1.96 bits per heavy atom. The maximum atomic E-state index is 12.2. The summed E-state index contributed by atoms with van der Waals surface area (Å²) in [5, 5.41) is 0.0124. The molecule has 1 aromatic heterocycles. The number of morpholine rings is 1. The molecule has 7 nitrogen and oxygen atoms in total. The lowest BCUT2D eigenvalue weighted by Crippen LogP contribution is -2.56. The fourth-order valence-electron chi connectivity index (χ4n) is 2.89. The second-order valence-corrected chi connectivity index (χ2v) is 9.44. The standard InChI is InChI=1S/C14H20ClN3O4S/c1-8-5-21-6-9-7-22-10-11(14(2,3)23(4,19)20)16-13(15)17-12(10)18(8)9/h8-9H,5-7H2,1-4H3/t8-,9+/m0/s1. The molecule has 0 radical (unpaired) electrons. The van der Waals surface area contributed by atoms with Crippen molar-refractivity contribution >= 4 is 27.3 Å². The summed E-state index contributed by atoms with van der Waals surface area (Å²) in [5.74, 6) is 0.943. The molecule has 0 aromatic carbocycles. The number of hydrogen-bond donors (Lipinski definition) is 0. The van der Waals surface area contributed by atoms with E-state index < -0.39 is 14.6 Å². The van der Waals surface area contributed by atoms with Crippen molar-refractivity contribution in [3.8, 4) is 5.75 Å². The normalized spacial score (nSPS) is 24.7. The van der Waals surface area contributed by atoms with Crippen molar-refractivity contribution in [3.05, 3.63) is 11.0 Å². The summed E-state index contributed by atoms with van der Waals surface area (Å²) in [6.07, 6.45) is 1.18. The minimum atomic E-state index is -3.42. The molecule has 0 N–H and O–H groups in total. The van der Waals surface area contributed by atoms with E-state index in [0.29, 0.717) is 37.1 Å². The average Bonchev–Trinajstić information content (AvgIpc) is 2.44. The zero-order chi connectivity index (χ0) is 17.0. The predicted octanol–water partition coefficient (Wildman–Crippen LogP) is 1.40. The van der Waals surface area contributed by atoms with Crippen LogP contribution in [0.1, 0.15) is 26.5 Å². The van der Waals surface area contributed by atoms with E-state index in [-0.39, 0.29) is 17.4 Å². The van der Waals surface area contributed by atoms with E-state index in [1.807, 2.05) is 6.92 Å². The first-order valence-electron chi connectivity index (χ1n) is 7.39. The third-order valence-corrected chi connectivity index (χ3v) is 6.74. The minimum absolute atomic E-state index is 0.0124. The second-order valence-electron chi connectivity index (χ2n) is 6.54. The van der Waals surface area contributed by atoms with Gasteiger partial charge < -0.3 is 14.4 Å². The Labute approximate surface area is 140 Å². The van der Waals surface area contributed by atoms with Crippen LogP contribution in [0, 0.1) is 0 Å². The Morgan fingerprint density at radius 1 is 1.26 bits per heavy atom. The number of aromatic nitrogens is 2. The summed E-state index contributed by atoms with van der Waals surface area (Å²) >= 11 is 6.09. The molecule has 0 amide bonds. The van der Waals surface area contributed by atoms with Crippen molar-refractivity contribution in [2.24, 2.45) is 0 Å². The third kappa shape index (κ3) is 2.66. The van der Waals surface area contributed by atoms with Crippen LogP contribution in [0.5, 0.6) is 5.75 Å². The Hall–Kier alpha value is -1.12. The summed E-state index contributed by atoms with van der Waals surface area (Å²) in [7, 11) is -3.42. The fraction of sp³-hybridized carbons (Fsp3) is 0.714. The number of nitrogens with zero attached hydrogens (tertiary/aromatic N) is 3. The van der Waals surface area contributed by atoms with Crippen molar-refractivity contribution in [1.82, 2.24) is 9.97 Å². The van der Waals surface area contributed by atoms with Gasteiger partial charge in [-0.3, -0.25) is 0 Å². The molecule has 1 aromatic rings. The zero-order valence-corrected chi connectivity index (χ0v) is 15.1. The molecule has 0 bridgehead atoms. The van der Waals surface area contributed by atoms with Crippen LogP contribution in [0.15, 0.2) is 0 Å². The molecular formula is C14H20ClN3O4S. The van der Waals surface area contributed by atoms with E-state index in [4.69, 9.17) is 21.1 Å². The van der Waals surface area contributed by atoms with Crippen LogP contribution >= 0.6 is 11.6 Å². The largest absolute Gasteiger partial charge is 0.486 e. The monoisotopic (exact) mass is 361 g/mol. The summed E-state index contributed by atoms with van der Waals surface area (Å²) in [4.78, 5) is 10.6. The van der Waals surface area contributed by atoms with Crippen LogP contribution in [0.4, 0.5) is 5.82 Å². The molecular weight excluding hydrogens is 342 g/mol. The van der Waals surface area contributed by atoms with E-state index >= 15 is 0 Å². The molecule has 0 spiro atoms. The third-order valence-electron chi connectivity index (χ3n) is 4.52. The molecule has 128 valence electrons. The van der Waals surface area contributed by atoms with Gasteiger partial charge in [0, 0.05) is 6.26 Å². The molecule has 3 heterocycles. The van der Waals surface area contributed by atoms with Gasteiger partial charge in [-0.2, -0.15) is 4.98 Å². The number of sulfone groups is 1. The first-order chi connectivity index (χ1) is 10.6. The highest BCUT2D eigenvalue weighted by Crippen LogP contribution is 2.43. The molecule has 0 unspecified atom stereocenters. The highest BCUT2D eigenvalue weighted by Gasteiger charge is 2.43. The van der Waals surface area contributed by atoms with Gasteiger partial charge in [-0.1, -0.05) is 0 Å². The average molecular weight is 362 g/mol. The van der Waals surface area contributed by atoms with E-state index in [1.165, 1.54) is 6.26 Å². The second kappa shape index (κ2) is 5.46. The van der Waals surface area contributed by atoms with Gasteiger partial charge in [-0.25, -0.2) is 13.4 Å². The summed E-state index contributed by atoms with van der Waals surface area (Å²) in [5.41, 5.74) is 0.298. The number of rotatable bonds is 2.